The molecule has 5 heteroatoms. The molecule has 2 saturated heterocycles. The molecule has 0 bridgehead atoms. The summed E-state index contributed by atoms with van der Waals surface area (Å²) in [5.74, 6) is 0.219. The van der Waals surface area contributed by atoms with E-state index in [9.17, 15) is 9.59 Å². The number of aromatic nitrogens is 1. The zero-order chi connectivity index (χ0) is 17.4. The van der Waals surface area contributed by atoms with Gasteiger partial charge in [-0.3, -0.25) is 14.6 Å². The molecule has 25 heavy (non-hydrogen) atoms. The van der Waals surface area contributed by atoms with Crippen molar-refractivity contribution >= 4 is 22.7 Å². The average molecular weight is 337 g/mol. The third-order valence-corrected chi connectivity index (χ3v) is 5.80. The number of carbonyl (C=O) groups excluding carboxylic acids is 2. The Morgan fingerprint density at radius 2 is 2.00 bits per heavy atom. The van der Waals surface area contributed by atoms with Gasteiger partial charge in [-0.15, -0.1) is 0 Å². The van der Waals surface area contributed by atoms with Crippen LogP contribution in [0.4, 0.5) is 0 Å². The highest BCUT2D eigenvalue weighted by atomic mass is 16.2. The minimum Gasteiger partial charge on any atom is -0.338 e. The van der Waals surface area contributed by atoms with Crippen LogP contribution in [0, 0.1) is 0 Å². The Morgan fingerprint density at radius 1 is 1.20 bits per heavy atom. The van der Waals surface area contributed by atoms with Crippen LogP contribution in [0.15, 0.2) is 36.5 Å². The highest BCUT2D eigenvalue weighted by Gasteiger charge is 2.44. The van der Waals surface area contributed by atoms with E-state index in [2.05, 4.69) is 4.98 Å². The number of hydrogen-bond donors (Lipinski definition) is 0. The maximum Gasteiger partial charge on any atom is 0.255 e. The fourth-order valence-electron chi connectivity index (χ4n) is 4.30. The van der Waals surface area contributed by atoms with Crippen molar-refractivity contribution in [3.63, 3.8) is 0 Å². The van der Waals surface area contributed by atoms with E-state index in [1.54, 1.807) is 6.20 Å². The minimum atomic E-state index is -0.187. The molecule has 5 nitrogen and oxygen atoms in total. The lowest BCUT2D eigenvalue weighted by molar-refractivity contribution is -0.142. The monoisotopic (exact) mass is 337 g/mol. The first kappa shape index (κ1) is 16.1. The number of benzene rings is 1. The molecule has 1 atom stereocenters. The molecule has 130 valence electrons. The van der Waals surface area contributed by atoms with Gasteiger partial charge >= 0.3 is 0 Å². The van der Waals surface area contributed by atoms with Crippen LogP contribution in [0.2, 0.25) is 0 Å². The number of pyridine rings is 1. The molecule has 2 aliphatic rings. The first-order chi connectivity index (χ1) is 12.1. The second-order valence-corrected chi connectivity index (χ2v) is 7.28. The highest BCUT2D eigenvalue weighted by molar-refractivity contribution is 5.97. The summed E-state index contributed by atoms with van der Waals surface area (Å²) < 4.78 is 0. The summed E-state index contributed by atoms with van der Waals surface area (Å²) in [6.07, 6.45) is 6.11. The van der Waals surface area contributed by atoms with Gasteiger partial charge in [-0.2, -0.15) is 0 Å². The van der Waals surface area contributed by atoms with Gasteiger partial charge in [-0.25, -0.2) is 0 Å². The van der Waals surface area contributed by atoms with Crippen molar-refractivity contribution in [2.75, 3.05) is 20.1 Å². The molecule has 0 N–H and O–H groups in total. The lowest BCUT2D eigenvalue weighted by Crippen LogP contribution is -2.61. The van der Waals surface area contributed by atoms with Crippen LogP contribution in [0.3, 0.4) is 0 Å². The van der Waals surface area contributed by atoms with Gasteiger partial charge in [-0.05, 0) is 37.8 Å². The molecule has 1 spiro atoms. The first-order valence-electron chi connectivity index (χ1n) is 9.00. The summed E-state index contributed by atoms with van der Waals surface area (Å²) >= 11 is 0. The summed E-state index contributed by atoms with van der Waals surface area (Å²) in [4.78, 5) is 33.4. The molecule has 1 unspecified atom stereocenters. The van der Waals surface area contributed by atoms with E-state index in [0.717, 1.165) is 43.1 Å². The number of rotatable bonds is 1. The normalized spacial score (nSPS) is 24.1. The van der Waals surface area contributed by atoms with E-state index in [-0.39, 0.29) is 17.4 Å². The molecular formula is C20H23N3O2. The van der Waals surface area contributed by atoms with Crippen LogP contribution < -0.4 is 0 Å². The Balaban J connectivity index is 1.59. The number of nitrogens with zero attached hydrogens (tertiary/aromatic N) is 3. The zero-order valence-corrected chi connectivity index (χ0v) is 14.6. The third-order valence-electron chi connectivity index (χ3n) is 5.80. The summed E-state index contributed by atoms with van der Waals surface area (Å²) in [7, 11) is 1.90. The molecule has 0 radical (unpaired) electrons. The van der Waals surface area contributed by atoms with Crippen molar-refractivity contribution < 1.29 is 9.59 Å². The van der Waals surface area contributed by atoms with E-state index < -0.39 is 0 Å². The largest absolute Gasteiger partial charge is 0.338 e. The van der Waals surface area contributed by atoms with Crippen LogP contribution in [0.25, 0.3) is 10.9 Å². The van der Waals surface area contributed by atoms with E-state index in [1.165, 1.54) is 0 Å². The number of para-hydroxylation sites is 1. The zero-order valence-electron chi connectivity index (χ0n) is 14.6. The minimum absolute atomic E-state index is 0.0174. The van der Waals surface area contributed by atoms with Gasteiger partial charge in [0.05, 0.1) is 16.6 Å². The van der Waals surface area contributed by atoms with E-state index in [1.807, 2.05) is 47.2 Å². The van der Waals surface area contributed by atoms with Gasteiger partial charge in [0, 0.05) is 38.1 Å². The van der Waals surface area contributed by atoms with Gasteiger partial charge < -0.3 is 9.80 Å². The predicted molar refractivity (Wildman–Crippen MR) is 96.2 cm³/mol. The Labute approximate surface area is 147 Å². The molecule has 2 aliphatic heterocycles. The van der Waals surface area contributed by atoms with E-state index in [0.29, 0.717) is 18.5 Å². The van der Waals surface area contributed by atoms with Crippen LogP contribution in [-0.4, -0.2) is 52.3 Å². The van der Waals surface area contributed by atoms with Crippen molar-refractivity contribution in [1.82, 2.24) is 14.8 Å². The number of piperidine rings is 2. The van der Waals surface area contributed by atoms with Crippen LogP contribution in [0.1, 0.15) is 42.5 Å². The molecule has 0 aliphatic carbocycles. The number of likely N-dealkylation sites (N-methyl/N-ethyl adjacent to an activating group) is 1. The van der Waals surface area contributed by atoms with Crippen molar-refractivity contribution in [3.05, 3.63) is 42.1 Å². The molecule has 2 fully saturated rings. The topological polar surface area (TPSA) is 53.5 Å². The fourth-order valence-corrected chi connectivity index (χ4v) is 4.30. The maximum atomic E-state index is 13.0. The third kappa shape index (κ3) is 2.77. The molecule has 4 rings (SSSR count). The maximum absolute atomic E-state index is 13.0. The molecular weight excluding hydrogens is 314 g/mol. The lowest BCUT2D eigenvalue weighted by Gasteiger charge is -2.50. The standard InChI is InChI=1S/C20H23N3O2/c1-22-18(24)8-4-9-20(22)10-5-11-23(14-20)19(25)16-12-15-6-2-3-7-17(15)21-13-16/h2-3,6-7,12-13H,4-5,8-11,14H2,1H3. The van der Waals surface area contributed by atoms with E-state index in [4.69, 9.17) is 0 Å². The number of hydrogen-bond acceptors (Lipinski definition) is 3. The molecule has 1 aromatic heterocycles. The Morgan fingerprint density at radius 3 is 2.88 bits per heavy atom. The SMILES string of the molecule is CN1C(=O)CCCC12CCCN(C(=O)c1cnc3ccccc3c1)C2. The second kappa shape index (κ2) is 6.14. The smallest absolute Gasteiger partial charge is 0.255 e. The van der Waals surface area contributed by atoms with Gasteiger partial charge in [0.15, 0.2) is 0 Å². The molecule has 3 heterocycles. The Kier molecular flexibility index (Phi) is 3.94. The van der Waals surface area contributed by atoms with Crippen molar-refractivity contribution in [2.45, 2.75) is 37.6 Å². The van der Waals surface area contributed by atoms with Gasteiger partial charge in [0.25, 0.3) is 5.91 Å². The second-order valence-electron chi connectivity index (χ2n) is 7.28. The molecule has 2 amide bonds. The number of fused-ring (bicyclic) bond motifs is 1. The van der Waals surface area contributed by atoms with Crippen molar-refractivity contribution in [3.8, 4) is 0 Å². The number of likely N-dealkylation sites (tertiary alicyclic amines) is 2. The fraction of sp³-hybridized carbons (Fsp3) is 0.450. The Hall–Kier alpha value is -2.43. The predicted octanol–water partition coefficient (Wildman–Crippen LogP) is 2.85. The van der Waals surface area contributed by atoms with Crippen molar-refractivity contribution in [1.29, 1.82) is 0 Å². The molecule has 1 aromatic carbocycles. The van der Waals surface area contributed by atoms with Gasteiger partial charge in [-0.1, -0.05) is 18.2 Å². The summed E-state index contributed by atoms with van der Waals surface area (Å²) in [5.41, 5.74) is 1.33. The quantitative estimate of drug-likeness (QED) is 0.804. The highest BCUT2D eigenvalue weighted by Crippen LogP contribution is 2.36. The summed E-state index contributed by atoms with van der Waals surface area (Å²) in [5, 5.41) is 0.977. The molecule has 2 aromatic rings. The van der Waals surface area contributed by atoms with Crippen LogP contribution >= 0.6 is 0 Å². The number of carbonyl (C=O) groups is 2. The van der Waals surface area contributed by atoms with Crippen LogP contribution in [-0.2, 0) is 4.79 Å². The lowest BCUT2D eigenvalue weighted by atomic mass is 9.80. The Bertz CT molecular complexity index is 831. The van der Waals surface area contributed by atoms with Crippen LogP contribution in [0.5, 0.6) is 0 Å². The van der Waals surface area contributed by atoms with Crippen molar-refractivity contribution in [2.24, 2.45) is 0 Å². The summed E-state index contributed by atoms with van der Waals surface area (Å²) in [6.45, 7) is 1.37. The van der Waals surface area contributed by atoms with E-state index >= 15 is 0 Å². The number of amides is 2. The average Bonchev–Trinajstić information content (AvgIpc) is 2.65. The summed E-state index contributed by atoms with van der Waals surface area (Å²) in [6, 6.07) is 9.74. The van der Waals surface area contributed by atoms with Gasteiger partial charge in [0.2, 0.25) is 5.91 Å². The molecule has 0 saturated carbocycles. The first-order valence-corrected chi connectivity index (χ1v) is 9.00. The van der Waals surface area contributed by atoms with Gasteiger partial charge in [0.1, 0.15) is 0 Å².